The Morgan fingerprint density at radius 2 is 1.94 bits per heavy atom. The number of aromatic amines is 2. The van der Waals surface area contributed by atoms with E-state index in [9.17, 15) is 24.8 Å². The number of nitrogens with one attached hydrogen (secondary N) is 2. The summed E-state index contributed by atoms with van der Waals surface area (Å²) >= 11 is 0.932. The molecule has 3 N–H and O–H groups in total. The maximum atomic E-state index is 13.1. The number of pyridine rings is 1. The molecule has 0 saturated heterocycles. The molecule has 32 heavy (non-hydrogen) atoms. The number of rotatable bonds is 3. The van der Waals surface area contributed by atoms with Crippen molar-refractivity contribution in [3.8, 4) is 16.2 Å². The number of H-pyrrole nitrogens is 2. The minimum Gasteiger partial charge on any atom is -0.502 e. The first-order valence-electron chi connectivity index (χ1n) is 10.1. The van der Waals surface area contributed by atoms with Gasteiger partial charge >= 0.3 is 5.00 Å². The monoisotopic (exact) mass is 452 g/mol. The summed E-state index contributed by atoms with van der Waals surface area (Å²) in [4.78, 5) is 39.6. The van der Waals surface area contributed by atoms with Crippen molar-refractivity contribution >= 4 is 49.4 Å². The Labute approximate surface area is 181 Å². The Balaban J connectivity index is 1.80. The number of aromatic nitrogens is 3. The molecular weight excluding hydrogens is 436 g/mol. The number of nitro groups is 1. The average molecular weight is 452 g/mol. The van der Waals surface area contributed by atoms with Crippen molar-refractivity contribution in [3.63, 3.8) is 0 Å². The number of fused-ring (bicyclic) bond motifs is 4. The molecule has 1 fully saturated rings. The van der Waals surface area contributed by atoms with Crippen LogP contribution in [0.2, 0.25) is 0 Å². The smallest absolute Gasteiger partial charge is 0.324 e. The maximum Gasteiger partial charge on any atom is 0.324 e. The molecule has 10 nitrogen and oxygen atoms in total. The van der Waals surface area contributed by atoms with E-state index in [4.69, 9.17) is 4.42 Å². The molecule has 0 aliphatic heterocycles. The van der Waals surface area contributed by atoms with E-state index in [-0.39, 0.29) is 27.8 Å². The number of hydrogen-bond donors (Lipinski definition) is 3. The van der Waals surface area contributed by atoms with Crippen molar-refractivity contribution in [3.05, 3.63) is 55.0 Å². The highest BCUT2D eigenvalue weighted by atomic mass is 32.1. The number of phenolic OH excluding ortho intramolecular Hbond substituents is 1. The van der Waals surface area contributed by atoms with Crippen LogP contribution in [0.4, 0.5) is 5.00 Å². The molecule has 6 rings (SSSR count). The zero-order valence-electron chi connectivity index (χ0n) is 16.5. The lowest BCUT2D eigenvalue weighted by molar-refractivity contribution is -0.380. The first kappa shape index (κ1) is 18.9. The summed E-state index contributed by atoms with van der Waals surface area (Å²) in [6.07, 6.45) is 3.98. The number of nitrogens with zero attached hydrogens (tertiary/aromatic N) is 2. The van der Waals surface area contributed by atoms with Crippen LogP contribution < -0.4 is 11.0 Å². The van der Waals surface area contributed by atoms with Gasteiger partial charge in [-0.3, -0.25) is 29.5 Å². The number of benzene rings is 1. The predicted octanol–water partition coefficient (Wildman–Crippen LogP) is 4.37. The Hall–Kier alpha value is -3.86. The van der Waals surface area contributed by atoms with E-state index in [1.54, 1.807) is 12.1 Å². The molecule has 4 aromatic heterocycles. The molecule has 0 bridgehead atoms. The minimum absolute atomic E-state index is 0.00699. The molecule has 0 radical (unpaired) electrons. The van der Waals surface area contributed by atoms with Crippen molar-refractivity contribution in [2.24, 2.45) is 0 Å². The van der Waals surface area contributed by atoms with Crippen LogP contribution in [0.15, 0.2) is 38.3 Å². The SMILES string of the molecule is O=c1ccc2c(oc3c(-c4ccc([N+](=O)[O-])s4)c4c(=O)[nH]n(C5CCCC5)c4[nH]c32)c1O. The predicted molar refractivity (Wildman–Crippen MR) is 120 cm³/mol. The maximum absolute atomic E-state index is 13.1. The van der Waals surface area contributed by atoms with Crippen LogP contribution in [-0.4, -0.2) is 24.8 Å². The van der Waals surface area contributed by atoms with Crippen LogP contribution in [0.1, 0.15) is 31.7 Å². The zero-order chi connectivity index (χ0) is 22.1. The van der Waals surface area contributed by atoms with Gasteiger partial charge in [0.25, 0.3) is 5.56 Å². The molecule has 4 heterocycles. The largest absolute Gasteiger partial charge is 0.502 e. The molecule has 1 aliphatic carbocycles. The summed E-state index contributed by atoms with van der Waals surface area (Å²) in [6, 6.07) is 5.89. The van der Waals surface area contributed by atoms with Gasteiger partial charge in [-0.15, -0.1) is 0 Å². The first-order chi connectivity index (χ1) is 15.4. The molecule has 0 amide bonds. The third-order valence-electron chi connectivity index (χ3n) is 6.15. The van der Waals surface area contributed by atoms with Crippen molar-refractivity contribution in [2.75, 3.05) is 0 Å². The van der Waals surface area contributed by atoms with Crippen molar-refractivity contribution < 1.29 is 14.4 Å². The molecule has 0 spiro atoms. The molecule has 1 aliphatic rings. The molecule has 162 valence electrons. The second-order valence-corrected chi connectivity index (χ2v) is 9.03. The van der Waals surface area contributed by atoms with Gasteiger partial charge in [0.1, 0.15) is 5.65 Å². The van der Waals surface area contributed by atoms with Gasteiger partial charge in [0.2, 0.25) is 11.2 Å². The number of aromatic hydroxyl groups is 1. The Kier molecular flexibility index (Phi) is 3.87. The quantitative estimate of drug-likeness (QED) is 0.273. The first-order valence-corrected chi connectivity index (χ1v) is 10.9. The lowest BCUT2D eigenvalue weighted by atomic mass is 10.1. The standard InChI is InChI=1S/C21H16N4O6S/c26-11-6-5-10-16-19(31-18(10)17(11)27)14(12-7-8-13(32-12)25(29)30)15-20(22-16)24(23-21(15)28)9-3-1-2-4-9/h5-9,22,27H,1-4H2,(H,23,28). The highest BCUT2D eigenvalue weighted by molar-refractivity contribution is 7.18. The molecule has 0 unspecified atom stereocenters. The van der Waals surface area contributed by atoms with Gasteiger partial charge in [-0.1, -0.05) is 24.2 Å². The van der Waals surface area contributed by atoms with E-state index in [2.05, 4.69) is 10.1 Å². The van der Waals surface area contributed by atoms with E-state index in [1.807, 2.05) is 4.68 Å². The average Bonchev–Trinajstić information content (AvgIpc) is 3.55. The number of hydrogen-bond acceptors (Lipinski definition) is 7. The van der Waals surface area contributed by atoms with Gasteiger partial charge in [0.05, 0.1) is 27.4 Å². The number of thiophene rings is 1. The van der Waals surface area contributed by atoms with Crippen molar-refractivity contribution in [2.45, 2.75) is 31.7 Å². The highest BCUT2D eigenvalue weighted by Crippen LogP contribution is 2.44. The third-order valence-corrected chi connectivity index (χ3v) is 7.20. The van der Waals surface area contributed by atoms with E-state index in [0.717, 1.165) is 37.0 Å². The Morgan fingerprint density at radius 1 is 1.16 bits per heavy atom. The number of phenols is 1. The van der Waals surface area contributed by atoms with E-state index < -0.39 is 16.1 Å². The summed E-state index contributed by atoms with van der Waals surface area (Å²) in [5.41, 5.74) is 0.779. The van der Waals surface area contributed by atoms with Crippen LogP contribution in [-0.2, 0) is 0 Å². The summed E-state index contributed by atoms with van der Waals surface area (Å²) in [5, 5.41) is 25.2. The van der Waals surface area contributed by atoms with Crippen molar-refractivity contribution in [1.82, 2.24) is 14.8 Å². The van der Waals surface area contributed by atoms with Crippen LogP contribution >= 0.6 is 11.3 Å². The van der Waals surface area contributed by atoms with Gasteiger partial charge in [-0.25, -0.2) is 0 Å². The fraction of sp³-hybridized carbons (Fsp3) is 0.238. The molecule has 11 heteroatoms. The summed E-state index contributed by atoms with van der Waals surface area (Å²) in [6.45, 7) is 0. The van der Waals surface area contributed by atoms with E-state index >= 15 is 0 Å². The lowest BCUT2D eigenvalue weighted by Gasteiger charge is -2.12. The molecular formula is C21H16N4O6S. The number of furan rings is 1. The van der Waals surface area contributed by atoms with Gasteiger partial charge in [0, 0.05) is 16.3 Å². The van der Waals surface area contributed by atoms with Gasteiger partial charge in [-0.05, 0) is 31.0 Å². The third kappa shape index (κ3) is 2.51. The Bertz CT molecular complexity index is 1680. The topological polar surface area (TPSA) is 147 Å². The van der Waals surface area contributed by atoms with Crippen LogP contribution in [0, 0.1) is 10.1 Å². The highest BCUT2D eigenvalue weighted by Gasteiger charge is 2.28. The molecule has 1 saturated carbocycles. The van der Waals surface area contributed by atoms with Crippen molar-refractivity contribution in [1.29, 1.82) is 0 Å². The summed E-state index contributed by atoms with van der Waals surface area (Å²) < 4.78 is 7.74. The van der Waals surface area contributed by atoms with Crippen LogP contribution in [0.3, 0.4) is 0 Å². The van der Waals surface area contributed by atoms with Crippen LogP contribution in [0.25, 0.3) is 43.5 Å². The summed E-state index contributed by atoms with van der Waals surface area (Å²) in [7, 11) is 0. The van der Waals surface area contributed by atoms with Gasteiger partial charge in [0.15, 0.2) is 11.2 Å². The fourth-order valence-corrected chi connectivity index (χ4v) is 5.57. The molecule has 5 aromatic rings. The molecule has 0 atom stereocenters. The molecule has 1 aromatic carbocycles. The van der Waals surface area contributed by atoms with Gasteiger partial charge < -0.3 is 14.5 Å². The van der Waals surface area contributed by atoms with Crippen LogP contribution in [0.5, 0.6) is 5.75 Å². The Morgan fingerprint density at radius 3 is 2.66 bits per heavy atom. The summed E-state index contributed by atoms with van der Waals surface area (Å²) in [5.74, 6) is -0.521. The van der Waals surface area contributed by atoms with E-state index in [0.29, 0.717) is 32.4 Å². The minimum atomic E-state index is -0.581. The van der Waals surface area contributed by atoms with E-state index in [1.165, 1.54) is 12.1 Å². The fourth-order valence-electron chi connectivity index (χ4n) is 4.70. The normalized spacial score (nSPS) is 14.9. The van der Waals surface area contributed by atoms with Gasteiger partial charge in [-0.2, -0.15) is 0 Å². The lowest BCUT2D eigenvalue weighted by Crippen LogP contribution is -2.10. The second-order valence-electron chi connectivity index (χ2n) is 7.96. The second kappa shape index (κ2) is 6.57. The zero-order valence-corrected chi connectivity index (χ0v) is 17.3.